The number of hydrogen-bond donors (Lipinski definition) is 1. The summed E-state index contributed by atoms with van der Waals surface area (Å²) in [6.07, 6.45) is 3.06. The zero-order valence-corrected chi connectivity index (χ0v) is 20.3. The molecule has 2 saturated heterocycles. The number of imidazole rings is 1. The van der Waals surface area contributed by atoms with Crippen molar-refractivity contribution in [3.63, 3.8) is 0 Å². The van der Waals surface area contributed by atoms with Crippen molar-refractivity contribution in [1.82, 2.24) is 24.7 Å². The van der Waals surface area contributed by atoms with E-state index < -0.39 is 17.8 Å². The van der Waals surface area contributed by atoms with Crippen LogP contribution in [0.5, 0.6) is 5.75 Å². The summed E-state index contributed by atoms with van der Waals surface area (Å²) in [7, 11) is 1.74. The van der Waals surface area contributed by atoms with E-state index in [1.807, 2.05) is 0 Å². The molecule has 11 heteroatoms. The molecule has 36 heavy (non-hydrogen) atoms. The van der Waals surface area contributed by atoms with E-state index in [0.29, 0.717) is 5.56 Å². The Bertz CT molecular complexity index is 1140. The first kappa shape index (κ1) is 24.6. The number of nitrogens with zero attached hydrogens (tertiary/aromatic N) is 4. The Morgan fingerprint density at radius 3 is 2.58 bits per heavy atom. The van der Waals surface area contributed by atoms with Gasteiger partial charge in [0.1, 0.15) is 17.0 Å². The molecule has 2 unspecified atom stereocenters. The predicted octanol–water partition coefficient (Wildman–Crippen LogP) is 3.24. The lowest BCUT2D eigenvalue weighted by molar-refractivity contribution is -0.274. The minimum absolute atomic E-state index is 0.0701. The zero-order valence-electron chi connectivity index (χ0n) is 20.3. The summed E-state index contributed by atoms with van der Waals surface area (Å²) >= 11 is 0. The number of piperidine rings is 1. The van der Waals surface area contributed by atoms with Crippen LogP contribution < -0.4 is 10.1 Å². The zero-order chi connectivity index (χ0) is 25.7. The lowest BCUT2D eigenvalue weighted by Crippen LogP contribution is -2.64. The van der Waals surface area contributed by atoms with Crippen LogP contribution in [0.25, 0.3) is 0 Å². The van der Waals surface area contributed by atoms with E-state index in [9.17, 15) is 22.8 Å². The number of carbonyl (C=O) groups is 2. The smallest absolute Gasteiger partial charge is 0.406 e. The molecule has 3 aliphatic rings. The highest BCUT2D eigenvalue weighted by Gasteiger charge is 2.65. The van der Waals surface area contributed by atoms with Gasteiger partial charge in [0.15, 0.2) is 0 Å². The van der Waals surface area contributed by atoms with Gasteiger partial charge in [-0.3, -0.25) is 14.5 Å². The summed E-state index contributed by atoms with van der Waals surface area (Å²) in [6.45, 7) is 2.55. The lowest BCUT2D eigenvalue weighted by atomic mass is 9.86. The molecule has 5 rings (SSSR count). The second-order valence-corrected chi connectivity index (χ2v) is 10.2. The van der Waals surface area contributed by atoms with E-state index in [-0.39, 0.29) is 42.0 Å². The summed E-state index contributed by atoms with van der Waals surface area (Å²) in [4.78, 5) is 35.7. The number of ether oxygens (including phenoxy) is 1. The highest BCUT2D eigenvalue weighted by Crippen LogP contribution is 2.47. The van der Waals surface area contributed by atoms with Crippen molar-refractivity contribution >= 4 is 11.8 Å². The second-order valence-electron chi connectivity index (χ2n) is 10.2. The van der Waals surface area contributed by atoms with Crippen LogP contribution in [0.3, 0.4) is 0 Å². The number of rotatable bonds is 8. The summed E-state index contributed by atoms with van der Waals surface area (Å²) in [5.41, 5.74) is -0.649. The van der Waals surface area contributed by atoms with Gasteiger partial charge in [0.05, 0.1) is 12.4 Å². The van der Waals surface area contributed by atoms with Crippen LogP contribution in [0.1, 0.15) is 55.1 Å². The SMILES string of the molecule is Cn1cnc(C(=O)N(Cc2cccc(OC(F)(F)F)c2)C(C)(C(=O)NC2CCC2)[C@@H]2[C@@H]3CCCN23)c1. The molecular weight excluding hydrogens is 475 g/mol. The molecule has 0 radical (unpaired) electrons. The van der Waals surface area contributed by atoms with Gasteiger partial charge < -0.3 is 19.5 Å². The van der Waals surface area contributed by atoms with Gasteiger partial charge in [-0.15, -0.1) is 13.2 Å². The fourth-order valence-electron chi connectivity index (χ4n) is 5.57. The van der Waals surface area contributed by atoms with Crippen LogP contribution in [-0.2, 0) is 18.4 Å². The van der Waals surface area contributed by atoms with Crippen molar-refractivity contribution in [1.29, 1.82) is 0 Å². The Morgan fingerprint density at radius 1 is 1.22 bits per heavy atom. The van der Waals surface area contributed by atoms with Crippen molar-refractivity contribution in [2.45, 2.75) is 75.6 Å². The molecule has 1 aromatic carbocycles. The molecule has 4 atom stereocenters. The Hall–Kier alpha value is -3.08. The predicted molar refractivity (Wildman–Crippen MR) is 124 cm³/mol. The molecule has 0 bridgehead atoms. The molecule has 2 aliphatic heterocycles. The fourth-order valence-corrected chi connectivity index (χ4v) is 5.57. The molecule has 1 N–H and O–H groups in total. The molecule has 194 valence electrons. The molecule has 3 heterocycles. The van der Waals surface area contributed by atoms with Gasteiger partial charge in [-0.25, -0.2) is 4.98 Å². The normalized spacial score (nSPS) is 24.9. The van der Waals surface area contributed by atoms with Crippen LogP contribution in [0.15, 0.2) is 36.8 Å². The number of amides is 2. The van der Waals surface area contributed by atoms with Crippen LogP contribution in [0.2, 0.25) is 0 Å². The monoisotopic (exact) mass is 505 g/mol. The van der Waals surface area contributed by atoms with Crippen molar-refractivity contribution in [3.05, 3.63) is 48.0 Å². The lowest BCUT2D eigenvalue weighted by Gasteiger charge is -2.42. The van der Waals surface area contributed by atoms with Gasteiger partial charge >= 0.3 is 6.36 Å². The molecule has 0 spiro atoms. The van der Waals surface area contributed by atoms with Crippen molar-refractivity contribution in [3.8, 4) is 5.75 Å². The summed E-state index contributed by atoms with van der Waals surface area (Å²) in [5, 5.41) is 3.13. The first-order chi connectivity index (χ1) is 17.1. The van der Waals surface area contributed by atoms with Gasteiger partial charge in [0.25, 0.3) is 5.91 Å². The maximum Gasteiger partial charge on any atom is 0.573 e. The standard InChI is InChI=1S/C25H30F3N5O3/c1-24(21-20-10-5-11-32(20)21,23(35)30-17-7-4-8-17)33(22(34)19-14-31(2)15-29-19)13-16-6-3-9-18(12-16)36-25(26,27)28/h3,6,9,12,14-15,17,20-21H,4-5,7-8,10-11,13H2,1-2H3,(H,30,35)/t20-,21-,24?,32?/m0/s1. The van der Waals surface area contributed by atoms with E-state index in [0.717, 1.165) is 38.6 Å². The largest absolute Gasteiger partial charge is 0.573 e. The van der Waals surface area contributed by atoms with Crippen molar-refractivity contribution in [2.75, 3.05) is 6.54 Å². The maximum atomic E-state index is 13.9. The number of aromatic nitrogens is 2. The third-order valence-corrected chi connectivity index (χ3v) is 7.65. The number of halogens is 3. The number of fused-ring (bicyclic) bond motifs is 1. The maximum absolute atomic E-state index is 13.9. The van der Waals surface area contributed by atoms with E-state index in [1.165, 1.54) is 29.4 Å². The minimum Gasteiger partial charge on any atom is -0.406 e. The van der Waals surface area contributed by atoms with E-state index in [2.05, 4.69) is 19.9 Å². The van der Waals surface area contributed by atoms with Gasteiger partial charge in [-0.1, -0.05) is 12.1 Å². The molecule has 1 aromatic heterocycles. The van der Waals surface area contributed by atoms with Crippen LogP contribution in [0.4, 0.5) is 13.2 Å². The Labute approximate surface area is 207 Å². The highest BCUT2D eigenvalue weighted by atomic mass is 19.4. The third-order valence-electron chi connectivity index (χ3n) is 7.65. The Balaban J connectivity index is 1.52. The fraction of sp³-hybridized carbons (Fsp3) is 0.560. The van der Waals surface area contributed by atoms with Gasteiger partial charge in [0.2, 0.25) is 5.91 Å². The van der Waals surface area contributed by atoms with Crippen LogP contribution >= 0.6 is 0 Å². The van der Waals surface area contributed by atoms with Crippen LogP contribution in [-0.4, -0.2) is 67.7 Å². The first-order valence-corrected chi connectivity index (χ1v) is 12.3. The second kappa shape index (κ2) is 9.10. The average molecular weight is 506 g/mol. The molecule has 8 nitrogen and oxygen atoms in total. The highest BCUT2D eigenvalue weighted by molar-refractivity contribution is 5.98. The average Bonchev–Trinajstić information content (AvgIpc) is 3.10. The third kappa shape index (κ3) is 4.68. The quantitative estimate of drug-likeness (QED) is 0.558. The van der Waals surface area contributed by atoms with Gasteiger partial charge in [-0.2, -0.15) is 0 Å². The number of benzene rings is 1. The molecule has 2 amide bonds. The van der Waals surface area contributed by atoms with Crippen LogP contribution in [0, 0.1) is 0 Å². The van der Waals surface area contributed by atoms with Gasteiger partial charge in [-0.05, 0) is 63.3 Å². The summed E-state index contributed by atoms with van der Waals surface area (Å²) in [5.74, 6) is -1.06. The van der Waals surface area contributed by atoms with E-state index >= 15 is 0 Å². The number of alkyl halides is 3. The Morgan fingerprint density at radius 2 is 2.00 bits per heavy atom. The summed E-state index contributed by atoms with van der Waals surface area (Å²) < 4.78 is 44.2. The number of carbonyl (C=O) groups excluding carboxylic acids is 2. The molecule has 3 fully saturated rings. The molecular formula is C25H30F3N5O3. The number of aryl methyl sites for hydroxylation is 1. The first-order valence-electron chi connectivity index (χ1n) is 12.3. The van der Waals surface area contributed by atoms with E-state index in [1.54, 1.807) is 30.8 Å². The van der Waals surface area contributed by atoms with Gasteiger partial charge in [0, 0.05) is 31.9 Å². The minimum atomic E-state index is -4.84. The topological polar surface area (TPSA) is 79.5 Å². The molecule has 1 saturated carbocycles. The summed E-state index contributed by atoms with van der Waals surface area (Å²) in [6, 6.07) is 5.63. The number of nitrogens with one attached hydrogen (secondary N) is 1. The van der Waals surface area contributed by atoms with E-state index in [4.69, 9.17) is 0 Å². The van der Waals surface area contributed by atoms with Crippen molar-refractivity contribution in [2.24, 2.45) is 7.05 Å². The van der Waals surface area contributed by atoms with Crippen molar-refractivity contribution < 1.29 is 27.5 Å². The Kier molecular flexibility index (Phi) is 6.22. The molecule has 2 aromatic rings. The number of hydrogen-bond acceptors (Lipinski definition) is 5. The molecule has 1 aliphatic carbocycles.